The van der Waals surface area contributed by atoms with Gasteiger partial charge in [0.05, 0.1) is 22.4 Å². The first-order chi connectivity index (χ1) is 9.71. The van der Waals surface area contributed by atoms with Crippen molar-refractivity contribution in [2.75, 3.05) is 12.4 Å². The first-order valence-electron chi connectivity index (χ1n) is 6.40. The average Bonchev–Trinajstić information content (AvgIpc) is 2.79. The van der Waals surface area contributed by atoms with E-state index in [4.69, 9.17) is 38.6 Å². The molecule has 0 bridgehead atoms. The number of benzene rings is 1. The Balaban J connectivity index is 2.14. The van der Waals surface area contributed by atoms with Gasteiger partial charge in [0.25, 0.3) is 0 Å². The lowest BCUT2D eigenvalue weighted by atomic mass is 9.90. The molecule has 0 spiro atoms. The molecule has 1 aromatic carbocycles. The van der Waals surface area contributed by atoms with E-state index in [1.54, 1.807) is 12.1 Å². The van der Waals surface area contributed by atoms with E-state index in [0.29, 0.717) is 20.3 Å². The predicted molar refractivity (Wildman–Crippen MR) is 90.2 cm³/mol. The van der Waals surface area contributed by atoms with E-state index in [-0.39, 0.29) is 12.4 Å². The molecular formula is C13H14BrCl3O3S. The molecule has 21 heavy (non-hydrogen) atoms. The lowest BCUT2D eigenvalue weighted by Crippen LogP contribution is -2.32. The zero-order chi connectivity index (χ0) is 15.7. The van der Waals surface area contributed by atoms with Gasteiger partial charge in [-0.25, -0.2) is 8.42 Å². The van der Waals surface area contributed by atoms with E-state index in [1.807, 2.05) is 0 Å². The molecule has 1 saturated carbocycles. The molecule has 1 aliphatic rings. The van der Waals surface area contributed by atoms with Crippen LogP contribution < -0.4 is 4.74 Å². The van der Waals surface area contributed by atoms with E-state index in [0.717, 1.165) is 25.7 Å². The lowest BCUT2D eigenvalue weighted by Gasteiger charge is -2.27. The third-order valence-electron chi connectivity index (χ3n) is 3.65. The fourth-order valence-corrected chi connectivity index (χ4v) is 5.31. The fourth-order valence-electron chi connectivity index (χ4n) is 2.67. The largest absolute Gasteiger partial charge is 0.491 e. The molecule has 118 valence electrons. The second kappa shape index (κ2) is 6.83. The van der Waals surface area contributed by atoms with E-state index in [9.17, 15) is 8.42 Å². The maximum absolute atomic E-state index is 11.4. The van der Waals surface area contributed by atoms with E-state index in [1.165, 1.54) is 0 Å². The van der Waals surface area contributed by atoms with Gasteiger partial charge in [0.2, 0.25) is 9.05 Å². The summed E-state index contributed by atoms with van der Waals surface area (Å²) in [5, 5.41) is 0.910. The van der Waals surface area contributed by atoms with Crippen molar-refractivity contribution in [1.29, 1.82) is 0 Å². The molecular weight excluding hydrogens is 422 g/mol. The molecule has 0 unspecified atom stereocenters. The van der Waals surface area contributed by atoms with E-state index in [2.05, 4.69) is 15.9 Å². The summed E-state index contributed by atoms with van der Waals surface area (Å²) in [6, 6.07) is 3.27. The predicted octanol–water partition coefficient (Wildman–Crippen LogP) is 5.26. The van der Waals surface area contributed by atoms with Crippen LogP contribution in [0.5, 0.6) is 5.75 Å². The molecule has 0 atom stereocenters. The van der Waals surface area contributed by atoms with Crippen LogP contribution in [0.4, 0.5) is 0 Å². The van der Waals surface area contributed by atoms with Gasteiger partial charge in [0.1, 0.15) is 5.75 Å². The summed E-state index contributed by atoms with van der Waals surface area (Å²) >= 11 is 15.4. The van der Waals surface area contributed by atoms with Crippen LogP contribution in [0.1, 0.15) is 25.7 Å². The van der Waals surface area contributed by atoms with Gasteiger partial charge in [-0.05, 0) is 34.8 Å². The summed E-state index contributed by atoms with van der Waals surface area (Å²) in [6.07, 6.45) is 3.51. The Hall–Kier alpha value is 0.320. The minimum Gasteiger partial charge on any atom is -0.491 e. The second-order valence-corrected chi connectivity index (χ2v) is 9.82. The highest BCUT2D eigenvalue weighted by Gasteiger charge is 2.38. The highest BCUT2D eigenvalue weighted by Crippen LogP contribution is 2.42. The Morgan fingerprint density at radius 3 is 2.38 bits per heavy atom. The van der Waals surface area contributed by atoms with Crippen molar-refractivity contribution >= 4 is 58.9 Å². The summed E-state index contributed by atoms with van der Waals surface area (Å²) in [6.45, 7) is 0.261. The van der Waals surface area contributed by atoms with Crippen LogP contribution in [0.3, 0.4) is 0 Å². The minimum atomic E-state index is -3.57. The molecule has 0 saturated heterocycles. The zero-order valence-electron chi connectivity index (χ0n) is 11.0. The van der Waals surface area contributed by atoms with Crippen LogP contribution in [0.25, 0.3) is 0 Å². The molecule has 0 aromatic heterocycles. The molecule has 0 aliphatic heterocycles. The van der Waals surface area contributed by atoms with Crippen LogP contribution in [0, 0.1) is 5.41 Å². The SMILES string of the molecule is O=S(=O)(Cl)CC1(COc2cc(Cl)c(Br)cc2Cl)CCCC1. The maximum Gasteiger partial charge on any atom is 0.233 e. The molecule has 1 aromatic rings. The van der Waals surface area contributed by atoms with Gasteiger partial charge >= 0.3 is 0 Å². The number of hydrogen-bond donors (Lipinski definition) is 0. The van der Waals surface area contributed by atoms with Crippen molar-refractivity contribution in [2.24, 2.45) is 5.41 Å². The average molecular weight is 437 g/mol. The van der Waals surface area contributed by atoms with Crippen LogP contribution in [-0.4, -0.2) is 20.8 Å². The van der Waals surface area contributed by atoms with Crippen LogP contribution >= 0.6 is 49.8 Å². The molecule has 2 rings (SSSR count). The van der Waals surface area contributed by atoms with Gasteiger partial charge in [-0.15, -0.1) is 0 Å². The summed E-state index contributed by atoms with van der Waals surface area (Å²) < 4.78 is 29.3. The van der Waals surface area contributed by atoms with Crippen molar-refractivity contribution in [3.05, 3.63) is 26.7 Å². The normalized spacial score (nSPS) is 17.9. The van der Waals surface area contributed by atoms with Gasteiger partial charge in [-0.3, -0.25) is 0 Å². The Morgan fingerprint density at radius 1 is 1.19 bits per heavy atom. The van der Waals surface area contributed by atoms with Crippen LogP contribution in [-0.2, 0) is 9.05 Å². The lowest BCUT2D eigenvalue weighted by molar-refractivity contribution is 0.171. The number of ether oxygens (including phenoxy) is 1. The second-order valence-electron chi connectivity index (χ2n) is 5.38. The third kappa shape index (κ3) is 4.90. The van der Waals surface area contributed by atoms with Crippen LogP contribution in [0.15, 0.2) is 16.6 Å². The molecule has 3 nitrogen and oxygen atoms in total. The first-order valence-corrected chi connectivity index (χ1v) is 10.4. The summed E-state index contributed by atoms with van der Waals surface area (Å²) in [5.41, 5.74) is -0.441. The summed E-state index contributed by atoms with van der Waals surface area (Å²) in [7, 11) is 1.86. The Morgan fingerprint density at radius 2 is 1.81 bits per heavy atom. The number of halogens is 4. The van der Waals surface area contributed by atoms with Crippen molar-refractivity contribution < 1.29 is 13.2 Å². The van der Waals surface area contributed by atoms with Crippen LogP contribution in [0.2, 0.25) is 10.0 Å². The molecule has 0 heterocycles. The van der Waals surface area contributed by atoms with Gasteiger partial charge in [-0.1, -0.05) is 36.0 Å². The van der Waals surface area contributed by atoms with Gasteiger partial charge < -0.3 is 4.74 Å². The quantitative estimate of drug-likeness (QED) is 0.467. The standard InChI is InChI=1S/C13H14BrCl3O3S/c14-9-5-11(16)12(6-10(9)15)20-7-13(3-1-2-4-13)8-21(17,18)19/h5-6H,1-4,7-8H2. The monoisotopic (exact) mass is 434 g/mol. The summed E-state index contributed by atoms with van der Waals surface area (Å²) in [4.78, 5) is 0. The highest BCUT2D eigenvalue weighted by molar-refractivity contribution is 9.10. The highest BCUT2D eigenvalue weighted by atomic mass is 79.9. The van der Waals surface area contributed by atoms with Crippen molar-refractivity contribution in [2.45, 2.75) is 25.7 Å². The zero-order valence-corrected chi connectivity index (χ0v) is 15.7. The van der Waals surface area contributed by atoms with Crippen molar-refractivity contribution in [3.8, 4) is 5.75 Å². The minimum absolute atomic E-state index is 0.0799. The summed E-state index contributed by atoms with van der Waals surface area (Å²) in [5.74, 6) is 0.367. The molecule has 0 N–H and O–H groups in total. The third-order valence-corrected chi connectivity index (χ3v) is 6.43. The smallest absolute Gasteiger partial charge is 0.233 e. The molecule has 1 fully saturated rings. The topological polar surface area (TPSA) is 43.4 Å². The maximum atomic E-state index is 11.4. The van der Waals surface area contributed by atoms with Crippen molar-refractivity contribution in [1.82, 2.24) is 0 Å². The fraction of sp³-hybridized carbons (Fsp3) is 0.538. The molecule has 8 heteroatoms. The van der Waals surface area contributed by atoms with Gasteiger partial charge in [-0.2, -0.15) is 0 Å². The molecule has 1 aliphatic carbocycles. The Bertz CT molecular complexity index is 628. The number of hydrogen-bond acceptors (Lipinski definition) is 3. The van der Waals surface area contributed by atoms with Gasteiger partial charge in [0.15, 0.2) is 0 Å². The Labute approximate surface area is 147 Å². The van der Waals surface area contributed by atoms with E-state index >= 15 is 0 Å². The number of rotatable bonds is 5. The van der Waals surface area contributed by atoms with Gasteiger partial charge in [0, 0.05) is 26.6 Å². The van der Waals surface area contributed by atoms with E-state index < -0.39 is 14.5 Å². The molecule has 0 radical (unpaired) electrons. The Kier molecular flexibility index (Phi) is 5.75. The first kappa shape index (κ1) is 17.7. The van der Waals surface area contributed by atoms with Crippen molar-refractivity contribution in [3.63, 3.8) is 0 Å². The molecule has 0 amide bonds.